The summed E-state index contributed by atoms with van der Waals surface area (Å²) in [6.45, 7) is 3.66. The largest absolute Gasteiger partial charge is 0.472 e. The van der Waals surface area contributed by atoms with E-state index in [1.54, 1.807) is 0 Å². The van der Waals surface area contributed by atoms with Gasteiger partial charge in [0.25, 0.3) is 0 Å². The van der Waals surface area contributed by atoms with E-state index in [0.717, 1.165) is 77.0 Å². The number of rotatable bonds is 39. The lowest BCUT2D eigenvalue weighted by atomic mass is 10.1. The van der Waals surface area contributed by atoms with Crippen LogP contribution < -0.4 is 5.73 Å². The van der Waals surface area contributed by atoms with Crippen molar-refractivity contribution < 1.29 is 37.6 Å². The summed E-state index contributed by atoms with van der Waals surface area (Å²) in [6.07, 6.45) is 44.2. The first-order chi connectivity index (χ1) is 25.8. The van der Waals surface area contributed by atoms with Gasteiger partial charge in [0, 0.05) is 19.4 Å². The van der Waals surface area contributed by atoms with Crippen LogP contribution >= 0.6 is 7.82 Å². The second kappa shape index (κ2) is 39.7. The highest BCUT2D eigenvalue weighted by Crippen LogP contribution is 2.43. The maximum atomic E-state index is 12.6. The van der Waals surface area contributed by atoms with Crippen LogP contribution in [0.1, 0.15) is 181 Å². The highest BCUT2D eigenvalue weighted by molar-refractivity contribution is 7.47. The van der Waals surface area contributed by atoms with Crippen LogP contribution in [0.4, 0.5) is 0 Å². The van der Waals surface area contributed by atoms with Crippen molar-refractivity contribution in [1.82, 2.24) is 0 Å². The predicted molar refractivity (Wildman–Crippen MR) is 220 cm³/mol. The molecule has 0 rings (SSSR count). The molecule has 0 heterocycles. The first-order valence-electron chi connectivity index (χ1n) is 21.1. The van der Waals surface area contributed by atoms with E-state index in [-0.39, 0.29) is 32.6 Å². The Morgan fingerprint density at radius 1 is 0.566 bits per heavy atom. The molecule has 9 nitrogen and oxygen atoms in total. The van der Waals surface area contributed by atoms with Crippen molar-refractivity contribution >= 4 is 19.8 Å². The van der Waals surface area contributed by atoms with Crippen molar-refractivity contribution in [2.24, 2.45) is 5.73 Å². The van der Waals surface area contributed by atoms with Crippen LogP contribution in [0, 0.1) is 0 Å². The second-order valence-corrected chi connectivity index (χ2v) is 15.3. The lowest BCUT2D eigenvalue weighted by Gasteiger charge is -2.19. The third kappa shape index (κ3) is 39.5. The molecule has 0 saturated carbocycles. The van der Waals surface area contributed by atoms with Gasteiger partial charge in [-0.1, -0.05) is 140 Å². The third-order valence-electron chi connectivity index (χ3n) is 8.69. The van der Waals surface area contributed by atoms with Gasteiger partial charge < -0.3 is 20.1 Å². The van der Waals surface area contributed by atoms with Crippen LogP contribution in [-0.2, 0) is 32.7 Å². The quantitative estimate of drug-likeness (QED) is 0.0271. The molecule has 0 radical (unpaired) electrons. The Balaban J connectivity index is 4.24. The van der Waals surface area contributed by atoms with E-state index in [9.17, 15) is 19.0 Å². The standard InChI is InChI=1S/C43H78NO8P/c1-3-5-7-9-11-13-15-17-19-20-22-24-26-28-30-32-34-36-43(46)52-41(40-51-53(47,48)50-38-37-44)39-49-42(45)35-33-31-29-27-25-23-21-18-16-14-12-10-8-6-4-2/h11,13,17-19,21-22,24,41H,3-10,12,14-16,20,23,25-40,44H2,1-2H3,(H,47,48)/b13-11+,19-17+,21-18+,24-22+/t41-/m1/s1. The average molecular weight is 768 g/mol. The maximum Gasteiger partial charge on any atom is 0.472 e. The molecule has 53 heavy (non-hydrogen) atoms. The van der Waals surface area contributed by atoms with Gasteiger partial charge in [-0.15, -0.1) is 0 Å². The van der Waals surface area contributed by atoms with Crippen LogP contribution in [0.15, 0.2) is 48.6 Å². The van der Waals surface area contributed by atoms with E-state index in [0.29, 0.717) is 6.42 Å². The number of unbranched alkanes of at least 4 members (excludes halogenated alkanes) is 18. The Kier molecular flexibility index (Phi) is 38.1. The van der Waals surface area contributed by atoms with Crippen LogP contribution in [-0.4, -0.2) is 49.3 Å². The molecule has 10 heteroatoms. The zero-order chi connectivity index (χ0) is 38.9. The molecule has 0 spiro atoms. The number of nitrogens with two attached hydrogens (primary N) is 1. The first kappa shape index (κ1) is 51.0. The summed E-state index contributed by atoms with van der Waals surface area (Å²) in [5.41, 5.74) is 5.34. The molecule has 3 N–H and O–H groups in total. The fraction of sp³-hybridized carbons (Fsp3) is 0.767. The summed E-state index contributed by atoms with van der Waals surface area (Å²) in [6, 6.07) is 0. The molecule has 0 saturated heterocycles. The van der Waals surface area contributed by atoms with Crippen molar-refractivity contribution in [3.63, 3.8) is 0 Å². The molecule has 1 unspecified atom stereocenters. The van der Waals surface area contributed by atoms with Gasteiger partial charge in [0.2, 0.25) is 0 Å². The molecule has 2 atom stereocenters. The molecular formula is C43H78NO8P. The highest BCUT2D eigenvalue weighted by atomic mass is 31.2. The summed E-state index contributed by atoms with van der Waals surface area (Å²) in [4.78, 5) is 34.8. The van der Waals surface area contributed by atoms with Gasteiger partial charge in [-0.2, -0.15) is 0 Å². The van der Waals surface area contributed by atoms with Crippen molar-refractivity contribution in [3.8, 4) is 0 Å². The molecule has 308 valence electrons. The van der Waals surface area contributed by atoms with Gasteiger partial charge >= 0.3 is 19.8 Å². The number of phosphoric acid groups is 1. The van der Waals surface area contributed by atoms with Gasteiger partial charge in [0.15, 0.2) is 6.10 Å². The normalized spacial score (nSPS) is 13.8. The minimum absolute atomic E-state index is 0.0469. The number of hydrogen-bond acceptors (Lipinski definition) is 8. The monoisotopic (exact) mass is 768 g/mol. The number of carbonyl (C=O) groups excluding carboxylic acids is 2. The van der Waals surface area contributed by atoms with Crippen LogP contribution in [0.2, 0.25) is 0 Å². The molecule has 0 aromatic carbocycles. The highest BCUT2D eigenvalue weighted by Gasteiger charge is 2.26. The zero-order valence-corrected chi connectivity index (χ0v) is 34.6. The fourth-order valence-corrected chi connectivity index (χ4v) is 6.28. The number of ether oxygens (including phenoxy) is 2. The first-order valence-corrected chi connectivity index (χ1v) is 22.6. The fourth-order valence-electron chi connectivity index (χ4n) is 5.52. The lowest BCUT2D eigenvalue weighted by Crippen LogP contribution is -2.29. The van der Waals surface area contributed by atoms with Crippen molar-refractivity contribution in [3.05, 3.63) is 48.6 Å². The zero-order valence-electron chi connectivity index (χ0n) is 33.7. The summed E-state index contributed by atoms with van der Waals surface area (Å²) < 4.78 is 32.7. The van der Waals surface area contributed by atoms with E-state index in [1.165, 1.54) is 70.6 Å². The van der Waals surface area contributed by atoms with Crippen LogP contribution in [0.3, 0.4) is 0 Å². The molecule has 0 aliphatic rings. The van der Waals surface area contributed by atoms with Crippen molar-refractivity contribution in [1.29, 1.82) is 0 Å². The van der Waals surface area contributed by atoms with E-state index in [2.05, 4.69) is 62.5 Å². The van der Waals surface area contributed by atoms with Gasteiger partial charge in [-0.3, -0.25) is 18.6 Å². The third-order valence-corrected chi connectivity index (χ3v) is 9.67. The van der Waals surface area contributed by atoms with Gasteiger partial charge in [-0.25, -0.2) is 4.57 Å². The van der Waals surface area contributed by atoms with Crippen molar-refractivity contribution in [2.75, 3.05) is 26.4 Å². The summed E-state index contributed by atoms with van der Waals surface area (Å²) in [5, 5.41) is 0. The molecule has 0 bridgehead atoms. The Labute approximate surface area is 324 Å². The topological polar surface area (TPSA) is 134 Å². The van der Waals surface area contributed by atoms with Gasteiger partial charge in [-0.05, 0) is 77.0 Å². The second-order valence-electron chi connectivity index (χ2n) is 13.8. The molecule has 0 fully saturated rings. The minimum Gasteiger partial charge on any atom is -0.462 e. The Morgan fingerprint density at radius 2 is 0.981 bits per heavy atom. The minimum atomic E-state index is -4.38. The average Bonchev–Trinajstić information content (AvgIpc) is 3.14. The van der Waals surface area contributed by atoms with E-state index in [1.807, 2.05) is 0 Å². The number of carbonyl (C=O) groups is 2. The molecule has 0 aliphatic carbocycles. The smallest absolute Gasteiger partial charge is 0.462 e. The molecule has 0 aromatic heterocycles. The van der Waals surface area contributed by atoms with E-state index >= 15 is 0 Å². The number of phosphoric ester groups is 1. The SMILES string of the molecule is CCCCC/C=C/C/C=C/C/C=C/CCCCCCC(=O)O[C@H](COC(=O)CCCCCCC/C=C/CCCCCCCC)COP(=O)(O)OCCN. The molecule has 0 aromatic rings. The summed E-state index contributed by atoms with van der Waals surface area (Å²) in [7, 11) is -4.38. The number of allylic oxidation sites excluding steroid dienone is 8. The Hall–Kier alpha value is -2.03. The van der Waals surface area contributed by atoms with Gasteiger partial charge in [0.1, 0.15) is 6.61 Å². The number of hydrogen-bond donors (Lipinski definition) is 2. The van der Waals surface area contributed by atoms with Gasteiger partial charge in [0.05, 0.1) is 13.2 Å². The Morgan fingerprint density at radius 3 is 1.51 bits per heavy atom. The maximum absolute atomic E-state index is 12.6. The summed E-state index contributed by atoms with van der Waals surface area (Å²) >= 11 is 0. The summed E-state index contributed by atoms with van der Waals surface area (Å²) in [5.74, 6) is -0.865. The van der Waals surface area contributed by atoms with E-state index < -0.39 is 32.5 Å². The Bertz CT molecular complexity index is 1010. The van der Waals surface area contributed by atoms with Crippen LogP contribution in [0.25, 0.3) is 0 Å². The van der Waals surface area contributed by atoms with E-state index in [4.69, 9.17) is 24.3 Å². The predicted octanol–water partition coefficient (Wildman–Crippen LogP) is 11.9. The lowest BCUT2D eigenvalue weighted by molar-refractivity contribution is -0.161. The molecule has 0 aliphatic heterocycles. The molecular weight excluding hydrogens is 689 g/mol. The van der Waals surface area contributed by atoms with Crippen molar-refractivity contribution in [2.45, 2.75) is 187 Å². The molecule has 0 amide bonds. The number of esters is 2. The van der Waals surface area contributed by atoms with Crippen LogP contribution in [0.5, 0.6) is 0 Å².